The molecule has 1 unspecified atom stereocenters. The number of hydrogen-bond acceptors (Lipinski definition) is 5. The highest BCUT2D eigenvalue weighted by atomic mass is 79.9. The van der Waals surface area contributed by atoms with Gasteiger partial charge in [-0.3, -0.25) is 4.99 Å². The number of benzene rings is 1. The number of rotatable bonds is 7. The normalized spacial score (nSPS) is 16.3. The maximum atomic E-state index is 6.09. The lowest BCUT2D eigenvalue weighted by Crippen LogP contribution is -2.21. The Morgan fingerprint density at radius 1 is 1.32 bits per heavy atom. The van der Waals surface area contributed by atoms with Crippen molar-refractivity contribution in [2.75, 3.05) is 20.3 Å². The number of aliphatic imine (C=N–C) groups is 1. The molecular weight excluding hydrogens is 400 g/mol. The Hall–Kier alpha value is -1.24. The molecule has 1 aliphatic heterocycles. The van der Waals surface area contributed by atoms with Crippen molar-refractivity contribution < 1.29 is 9.47 Å². The second-order valence-electron chi connectivity index (χ2n) is 6.51. The molecule has 1 aromatic carbocycles. The summed E-state index contributed by atoms with van der Waals surface area (Å²) in [5.74, 6) is 1.43. The van der Waals surface area contributed by atoms with Crippen LogP contribution in [0.15, 0.2) is 27.1 Å². The minimum absolute atomic E-state index is 0.341. The second-order valence-corrected chi connectivity index (χ2v) is 8.92. The zero-order chi connectivity index (χ0) is 17.8. The monoisotopic (exact) mass is 422 g/mol. The first kappa shape index (κ1) is 18.5. The fourth-order valence-corrected chi connectivity index (χ4v) is 4.08. The van der Waals surface area contributed by atoms with E-state index in [1.54, 1.807) is 18.4 Å². The molecule has 1 atom stereocenters. The van der Waals surface area contributed by atoms with Crippen molar-refractivity contribution in [3.63, 3.8) is 0 Å². The fraction of sp³-hybridized carbons (Fsp3) is 0.474. The summed E-state index contributed by atoms with van der Waals surface area (Å²) in [6.45, 7) is 5.77. The van der Waals surface area contributed by atoms with Gasteiger partial charge in [0, 0.05) is 26.4 Å². The molecule has 0 amide bonds. The molecule has 6 heteroatoms. The van der Waals surface area contributed by atoms with Crippen molar-refractivity contribution >= 4 is 33.5 Å². The topological polar surface area (TPSA) is 43.7 Å². The molecule has 1 aliphatic rings. The van der Waals surface area contributed by atoms with Gasteiger partial charge in [-0.2, -0.15) is 0 Å². The Bertz CT molecular complexity index is 758. The van der Waals surface area contributed by atoms with Crippen molar-refractivity contribution in [1.29, 1.82) is 0 Å². The highest BCUT2D eigenvalue weighted by Crippen LogP contribution is 2.38. The predicted molar refractivity (Wildman–Crippen MR) is 107 cm³/mol. The van der Waals surface area contributed by atoms with E-state index in [0.29, 0.717) is 25.2 Å². The number of methoxy groups -OCH3 is 1. The van der Waals surface area contributed by atoms with Crippen molar-refractivity contribution in [3.05, 3.63) is 33.2 Å². The first-order valence-corrected chi connectivity index (χ1v) is 10.1. The quantitative estimate of drug-likeness (QED) is 0.590. The lowest BCUT2D eigenvalue weighted by Gasteiger charge is -2.23. The maximum absolute atomic E-state index is 6.09. The summed E-state index contributed by atoms with van der Waals surface area (Å²) in [5, 5.41) is 0.954. The van der Waals surface area contributed by atoms with Crippen LogP contribution in [0.4, 0.5) is 0 Å². The predicted octanol–water partition coefficient (Wildman–Crippen LogP) is 4.99. The van der Waals surface area contributed by atoms with Crippen LogP contribution in [0, 0.1) is 5.92 Å². The highest BCUT2D eigenvalue weighted by Gasteiger charge is 2.21. The standard InChI is InChI=1S/C19H23BrN2O2S/c1-12(2)16-8-13-9-17(24-6-4-5-23-3)15(7-14(13)10-21-16)19-22-11-18(20)25-19/h7,9-12,16H,4-6,8H2,1-3H3. The SMILES string of the molecule is COCCCOc1cc2c(cc1-c1ncc(Br)s1)C=NC(C(C)C)C2. The smallest absolute Gasteiger partial charge is 0.129 e. The van der Waals surface area contributed by atoms with Crippen LogP contribution in [0.3, 0.4) is 0 Å². The largest absolute Gasteiger partial charge is 0.493 e. The Morgan fingerprint density at radius 3 is 2.84 bits per heavy atom. The number of thiazole rings is 1. The zero-order valence-electron chi connectivity index (χ0n) is 14.8. The number of ether oxygens (including phenoxy) is 2. The third kappa shape index (κ3) is 4.49. The van der Waals surface area contributed by atoms with Crippen molar-refractivity contribution in [2.24, 2.45) is 10.9 Å². The number of hydrogen-bond donors (Lipinski definition) is 0. The van der Waals surface area contributed by atoms with Gasteiger partial charge in [-0.25, -0.2) is 4.98 Å². The molecule has 4 nitrogen and oxygen atoms in total. The molecule has 0 saturated heterocycles. The zero-order valence-corrected chi connectivity index (χ0v) is 17.2. The molecule has 2 heterocycles. The molecule has 0 saturated carbocycles. The lowest BCUT2D eigenvalue weighted by atomic mass is 9.90. The molecule has 0 bridgehead atoms. The minimum atomic E-state index is 0.341. The first-order chi connectivity index (χ1) is 12.1. The van der Waals surface area contributed by atoms with Gasteiger partial charge in [0.2, 0.25) is 0 Å². The van der Waals surface area contributed by atoms with Crippen LogP contribution >= 0.6 is 27.3 Å². The Balaban J connectivity index is 1.93. The van der Waals surface area contributed by atoms with E-state index >= 15 is 0 Å². The van der Waals surface area contributed by atoms with Gasteiger partial charge >= 0.3 is 0 Å². The number of fused-ring (bicyclic) bond motifs is 1. The Morgan fingerprint density at radius 2 is 2.16 bits per heavy atom. The van der Waals surface area contributed by atoms with Gasteiger partial charge in [0.1, 0.15) is 10.8 Å². The number of aromatic nitrogens is 1. The van der Waals surface area contributed by atoms with Crippen LogP contribution in [0.25, 0.3) is 10.6 Å². The van der Waals surface area contributed by atoms with Crippen molar-refractivity contribution in [2.45, 2.75) is 32.7 Å². The van der Waals surface area contributed by atoms with Crippen LogP contribution in [0.2, 0.25) is 0 Å². The molecule has 0 radical (unpaired) electrons. The molecule has 0 spiro atoms. The van der Waals surface area contributed by atoms with E-state index in [1.807, 2.05) is 12.4 Å². The summed E-state index contributed by atoms with van der Waals surface area (Å²) in [5.41, 5.74) is 3.50. The number of nitrogens with zero attached hydrogens (tertiary/aromatic N) is 2. The van der Waals surface area contributed by atoms with Gasteiger partial charge in [0.15, 0.2) is 0 Å². The van der Waals surface area contributed by atoms with E-state index < -0.39 is 0 Å². The van der Waals surface area contributed by atoms with Crippen LogP contribution in [0.1, 0.15) is 31.4 Å². The molecule has 25 heavy (non-hydrogen) atoms. The molecule has 0 N–H and O–H groups in total. The van der Waals surface area contributed by atoms with Gasteiger partial charge in [0.05, 0.1) is 28.2 Å². The molecule has 0 fully saturated rings. The average Bonchev–Trinajstić information content (AvgIpc) is 3.03. The molecular formula is C19H23BrN2O2S. The summed E-state index contributed by atoms with van der Waals surface area (Å²) in [6.07, 6.45) is 5.66. The van der Waals surface area contributed by atoms with E-state index in [4.69, 9.17) is 14.5 Å². The number of halogens is 1. The summed E-state index contributed by atoms with van der Waals surface area (Å²) < 4.78 is 12.2. The average molecular weight is 423 g/mol. The van der Waals surface area contributed by atoms with E-state index in [0.717, 1.165) is 32.9 Å². The molecule has 1 aromatic heterocycles. The Kier molecular flexibility index (Phi) is 6.25. The molecule has 2 aromatic rings. The van der Waals surface area contributed by atoms with E-state index in [9.17, 15) is 0 Å². The third-order valence-corrected chi connectivity index (χ3v) is 5.81. The van der Waals surface area contributed by atoms with Crippen LogP contribution < -0.4 is 4.74 Å². The van der Waals surface area contributed by atoms with E-state index in [1.165, 1.54) is 11.1 Å². The lowest BCUT2D eigenvalue weighted by molar-refractivity contribution is 0.172. The summed E-state index contributed by atoms with van der Waals surface area (Å²) in [7, 11) is 1.71. The third-order valence-electron chi connectivity index (χ3n) is 4.30. The van der Waals surface area contributed by atoms with Crippen LogP contribution in [-0.4, -0.2) is 37.6 Å². The van der Waals surface area contributed by atoms with Gasteiger partial charge in [-0.1, -0.05) is 13.8 Å². The molecule has 3 rings (SSSR count). The Labute approximate surface area is 161 Å². The van der Waals surface area contributed by atoms with E-state index in [2.05, 4.69) is 46.9 Å². The van der Waals surface area contributed by atoms with Gasteiger partial charge in [0.25, 0.3) is 0 Å². The maximum Gasteiger partial charge on any atom is 0.129 e. The van der Waals surface area contributed by atoms with Crippen molar-refractivity contribution in [3.8, 4) is 16.3 Å². The van der Waals surface area contributed by atoms with Gasteiger partial charge in [-0.05, 0) is 51.5 Å². The van der Waals surface area contributed by atoms with Gasteiger partial charge in [-0.15, -0.1) is 11.3 Å². The van der Waals surface area contributed by atoms with Crippen LogP contribution in [0.5, 0.6) is 5.75 Å². The minimum Gasteiger partial charge on any atom is -0.493 e. The second kappa shape index (κ2) is 8.43. The highest BCUT2D eigenvalue weighted by molar-refractivity contribution is 9.11. The summed E-state index contributed by atoms with van der Waals surface area (Å²) >= 11 is 5.11. The first-order valence-electron chi connectivity index (χ1n) is 8.52. The molecule has 0 aliphatic carbocycles. The summed E-state index contributed by atoms with van der Waals surface area (Å²) in [4.78, 5) is 9.22. The van der Waals surface area contributed by atoms with E-state index in [-0.39, 0.29) is 0 Å². The summed E-state index contributed by atoms with van der Waals surface area (Å²) in [6, 6.07) is 4.67. The fourth-order valence-electron chi connectivity index (χ4n) is 2.85. The van der Waals surface area contributed by atoms with Crippen molar-refractivity contribution in [1.82, 2.24) is 4.98 Å². The van der Waals surface area contributed by atoms with Crippen LogP contribution in [-0.2, 0) is 11.2 Å². The van der Waals surface area contributed by atoms with Gasteiger partial charge < -0.3 is 9.47 Å². The molecule has 134 valence electrons.